The number of nitrogens with zero attached hydrogens (tertiary/aromatic N) is 3. The predicted octanol–water partition coefficient (Wildman–Crippen LogP) is 6.35. The molecule has 2 aliphatic heterocycles. The van der Waals surface area contributed by atoms with Crippen LogP contribution in [0.25, 0.3) is 0 Å². The summed E-state index contributed by atoms with van der Waals surface area (Å²) in [6, 6.07) is 22.3. The molecule has 0 radical (unpaired) electrons. The van der Waals surface area contributed by atoms with Crippen LogP contribution < -0.4 is 10.1 Å². The average Bonchev–Trinajstić information content (AvgIpc) is 3.30. The second-order valence-electron chi connectivity index (χ2n) is 9.50. The first kappa shape index (κ1) is 25.6. The number of urea groups is 1. The molecule has 0 bridgehead atoms. The van der Waals surface area contributed by atoms with Gasteiger partial charge in [0.2, 0.25) is 0 Å². The number of nitrogens with one attached hydrogen (secondary N) is 1. The first-order chi connectivity index (χ1) is 17.9. The Morgan fingerprint density at radius 1 is 0.919 bits per heavy atom. The Labute approximate surface area is 227 Å². The van der Waals surface area contributed by atoms with E-state index in [1.54, 1.807) is 0 Å². The summed E-state index contributed by atoms with van der Waals surface area (Å²) in [7, 11) is 0. The van der Waals surface area contributed by atoms with Crippen molar-refractivity contribution in [2.75, 3.05) is 26.2 Å². The van der Waals surface area contributed by atoms with Crippen molar-refractivity contribution in [1.29, 1.82) is 0 Å². The van der Waals surface area contributed by atoms with Gasteiger partial charge in [-0.15, -0.1) is 0 Å². The lowest BCUT2D eigenvalue weighted by Gasteiger charge is -2.36. The van der Waals surface area contributed by atoms with E-state index in [0.29, 0.717) is 34.7 Å². The SMILES string of the molecule is CC(C)Oc1ccccc1C1=N[C@H](c2ccc(Cl)cc2)[C@H](c2ccc(Cl)cc2)N1C(=O)N1CCNCC1. The second kappa shape index (κ2) is 11.1. The smallest absolute Gasteiger partial charge is 0.326 e. The lowest BCUT2D eigenvalue weighted by Crippen LogP contribution is -2.53. The Bertz CT molecular complexity index is 1270. The van der Waals surface area contributed by atoms with E-state index in [2.05, 4.69) is 5.32 Å². The van der Waals surface area contributed by atoms with Gasteiger partial charge in [0.25, 0.3) is 0 Å². The second-order valence-corrected chi connectivity index (χ2v) is 10.4. The van der Waals surface area contributed by atoms with E-state index < -0.39 is 0 Å². The fourth-order valence-electron chi connectivity index (χ4n) is 4.87. The van der Waals surface area contributed by atoms with Gasteiger partial charge in [0.15, 0.2) is 0 Å². The monoisotopic (exact) mass is 536 g/mol. The van der Waals surface area contributed by atoms with Crippen LogP contribution >= 0.6 is 23.2 Å². The number of para-hydroxylation sites is 1. The number of benzene rings is 3. The zero-order valence-electron chi connectivity index (χ0n) is 20.9. The number of ether oxygens (including phenoxy) is 1. The molecule has 0 saturated carbocycles. The predicted molar refractivity (Wildman–Crippen MR) is 149 cm³/mol. The third kappa shape index (κ3) is 5.47. The highest BCUT2D eigenvalue weighted by Crippen LogP contribution is 2.45. The zero-order chi connectivity index (χ0) is 25.9. The lowest BCUT2D eigenvalue weighted by molar-refractivity contribution is 0.157. The zero-order valence-corrected chi connectivity index (χ0v) is 22.4. The third-order valence-electron chi connectivity index (χ3n) is 6.57. The summed E-state index contributed by atoms with van der Waals surface area (Å²) < 4.78 is 6.17. The number of halogens is 2. The van der Waals surface area contributed by atoms with Gasteiger partial charge in [-0.3, -0.25) is 9.89 Å². The van der Waals surface area contributed by atoms with E-state index in [1.165, 1.54) is 0 Å². The minimum absolute atomic E-state index is 0.0282. The molecule has 1 fully saturated rings. The summed E-state index contributed by atoms with van der Waals surface area (Å²) in [4.78, 5) is 23.2. The topological polar surface area (TPSA) is 57.2 Å². The van der Waals surface area contributed by atoms with E-state index in [4.69, 9.17) is 32.9 Å². The number of amidine groups is 1. The molecule has 2 atom stereocenters. The summed E-state index contributed by atoms with van der Waals surface area (Å²) in [5.74, 6) is 1.29. The highest BCUT2D eigenvalue weighted by atomic mass is 35.5. The number of amides is 2. The van der Waals surface area contributed by atoms with Gasteiger partial charge in [0.05, 0.1) is 17.7 Å². The van der Waals surface area contributed by atoms with Crippen LogP contribution in [0.2, 0.25) is 10.0 Å². The summed E-state index contributed by atoms with van der Waals surface area (Å²) in [6.45, 7) is 6.75. The maximum absolute atomic E-state index is 14.3. The number of piperazine rings is 1. The fraction of sp³-hybridized carbons (Fsp3) is 0.310. The average molecular weight is 537 g/mol. The van der Waals surface area contributed by atoms with Gasteiger partial charge in [-0.05, 0) is 61.4 Å². The standard InChI is InChI=1S/C29H30Cl2N4O2/c1-19(2)37-25-6-4-3-5-24(25)28-33-26(20-7-11-22(30)12-8-20)27(21-9-13-23(31)14-10-21)35(28)29(36)34-17-15-32-16-18-34/h3-14,19,26-27,32H,15-18H2,1-2H3/t26-,27+/m1/s1. The summed E-state index contributed by atoms with van der Waals surface area (Å²) in [5.41, 5.74) is 2.71. The highest BCUT2D eigenvalue weighted by molar-refractivity contribution is 6.30. The molecule has 1 saturated heterocycles. The van der Waals surface area contributed by atoms with Crippen LogP contribution in [0.15, 0.2) is 77.8 Å². The molecule has 192 valence electrons. The lowest BCUT2D eigenvalue weighted by atomic mass is 9.93. The van der Waals surface area contributed by atoms with E-state index in [9.17, 15) is 4.79 Å². The maximum atomic E-state index is 14.3. The van der Waals surface area contributed by atoms with Crippen LogP contribution in [-0.2, 0) is 0 Å². The van der Waals surface area contributed by atoms with Crippen molar-refractivity contribution in [2.24, 2.45) is 4.99 Å². The third-order valence-corrected chi connectivity index (χ3v) is 7.08. The number of hydrogen-bond donors (Lipinski definition) is 1. The Morgan fingerprint density at radius 3 is 2.14 bits per heavy atom. The summed E-state index contributed by atoms with van der Waals surface area (Å²) in [5, 5.41) is 4.62. The van der Waals surface area contributed by atoms with Crippen molar-refractivity contribution < 1.29 is 9.53 Å². The molecule has 1 N–H and O–H groups in total. The summed E-state index contributed by atoms with van der Waals surface area (Å²) in [6.07, 6.45) is -0.0282. The molecule has 6 nitrogen and oxygen atoms in total. The molecule has 5 rings (SSSR count). The van der Waals surface area contributed by atoms with Gasteiger partial charge < -0.3 is 15.0 Å². The van der Waals surface area contributed by atoms with Crippen molar-refractivity contribution in [1.82, 2.24) is 15.1 Å². The molecule has 0 aliphatic carbocycles. The van der Waals surface area contributed by atoms with Crippen LogP contribution in [0.3, 0.4) is 0 Å². The number of hydrogen-bond acceptors (Lipinski definition) is 4. The molecule has 3 aromatic rings. The van der Waals surface area contributed by atoms with Crippen LogP contribution in [0.4, 0.5) is 4.79 Å². The van der Waals surface area contributed by atoms with Gasteiger partial charge in [-0.2, -0.15) is 0 Å². The Kier molecular flexibility index (Phi) is 7.70. The van der Waals surface area contributed by atoms with Crippen LogP contribution in [0.5, 0.6) is 5.75 Å². The van der Waals surface area contributed by atoms with Crippen molar-refractivity contribution in [3.8, 4) is 5.75 Å². The van der Waals surface area contributed by atoms with Crippen molar-refractivity contribution in [3.05, 3.63) is 99.5 Å². The first-order valence-electron chi connectivity index (χ1n) is 12.6. The fourth-order valence-corrected chi connectivity index (χ4v) is 5.12. The largest absolute Gasteiger partial charge is 0.490 e. The molecular formula is C29H30Cl2N4O2. The minimum atomic E-state index is -0.372. The molecular weight excluding hydrogens is 507 g/mol. The minimum Gasteiger partial charge on any atom is -0.490 e. The molecule has 2 aliphatic rings. The number of carbonyl (C=O) groups is 1. The van der Waals surface area contributed by atoms with Crippen LogP contribution in [-0.4, -0.2) is 53.9 Å². The molecule has 0 unspecified atom stereocenters. The normalized spacial score (nSPS) is 19.8. The van der Waals surface area contributed by atoms with Crippen LogP contribution in [0, 0.1) is 0 Å². The number of aliphatic imine (C=N–C) groups is 1. The Balaban J connectivity index is 1.68. The first-order valence-corrected chi connectivity index (χ1v) is 13.3. The molecule has 2 heterocycles. The van der Waals surface area contributed by atoms with Gasteiger partial charge in [0.1, 0.15) is 17.6 Å². The molecule has 0 spiro atoms. The van der Waals surface area contributed by atoms with Gasteiger partial charge in [-0.1, -0.05) is 59.6 Å². The van der Waals surface area contributed by atoms with Crippen LogP contribution in [0.1, 0.15) is 42.6 Å². The molecule has 37 heavy (non-hydrogen) atoms. The van der Waals surface area contributed by atoms with Crippen molar-refractivity contribution >= 4 is 35.1 Å². The highest BCUT2D eigenvalue weighted by Gasteiger charge is 2.44. The van der Waals surface area contributed by atoms with Gasteiger partial charge >= 0.3 is 6.03 Å². The molecule has 0 aromatic heterocycles. The van der Waals surface area contributed by atoms with Gasteiger partial charge in [0, 0.05) is 36.2 Å². The van der Waals surface area contributed by atoms with E-state index >= 15 is 0 Å². The van der Waals surface area contributed by atoms with E-state index in [0.717, 1.165) is 29.8 Å². The number of rotatable bonds is 5. The quantitative estimate of drug-likeness (QED) is 0.413. The van der Waals surface area contributed by atoms with E-state index in [-0.39, 0.29) is 24.2 Å². The Hall–Kier alpha value is -3.06. The number of carbonyl (C=O) groups excluding carboxylic acids is 1. The maximum Gasteiger partial charge on any atom is 0.326 e. The molecule has 8 heteroatoms. The Morgan fingerprint density at radius 2 is 1.51 bits per heavy atom. The molecule has 3 aromatic carbocycles. The van der Waals surface area contributed by atoms with Crippen molar-refractivity contribution in [3.63, 3.8) is 0 Å². The molecule has 2 amide bonds. The van der Waals surface area contributed by atoms with Crippen molar-refractivity contribution in [2.45, 2.75) is 32.0 Å². The summed E-state index contributed by atoms with van der Waals surface area (Å²) >= 11 is 12.5. The van der Waals surface area contributed by atoms with E-state index in [1.807, 2.05) is 96.4 Å². The van der Waals surface area contributed by atoms with Gasteiger partial charge in [-0.25, -0.2) is 4.79 Å².